The van der Waals surface area contributed by atoms with Crippen molar-refractivity contribution in [2.24, 2.45) is 0 Å². The molecule has 3 aromatic rings. The summed E-state index contributed by atoms with van der Waals surface area (Å²) in [4.78, 5) is 32.5. The first-order valence-corrected chi connectivity index (χ1v) is 10.1. The number of amides is 2. The van der Waals surface area contributed by atoms with Crippen molar-refractivity contribution >= 4 is 11.8 Å². The van der Waals surface area contributed by atoms with Gasteiger partial charge in [-0.2, -0.15) is 0 Å². The highest BCUT2D eigenvalue weighted by Crippen LogP contribution is 2.28. The summed E-state index contributed by atoms with van der Waals surface area (Å²) < 4.78 is 11.1. The van der Waals surface area contributed by atoms with E-state index in [1.807, 2.05) is 49.4 Å². The second-order valence-corrected chi connectivity index (χ2v) is 7.77. The van der Waals surface area contributed by atoms with E-state index >= 15 is 0 Å². The summed E-state index contributed by atoms with van der Waals surface area (Å²) in [5, 5.41) is 5.55. The number of aryl methyl sites for hydroxylation is 1. The van der Waals surface area contributed by atoms with Gasteiger partial charge in [-0.1, -0.05) is 12.1 Å². The second kappa shape index (κ2) is 9.91. The second-order valence-electron chi connectivity index (χ2n) is 7.77. The zero-order valence-electron chi connectivity index (χ0n) is 18.5. The quantitative estimate of drug-likeness (QED) is 0.563. The fourth-order valence-electron chi connectivity index (χ4n) is 2.90. The van der Waals surface area contributed by atoms with Crippen LogP contribution in [0.3, 0.4) is 0 Å². The predicted octanol–water partition coefficient (Wildman–Crippen LogP) is 3.41. The number of hydrogen-bond donors (Lipinski definition) is 2. The Kier molecular flexibility index (Phi) is 7.04. The third-order valence-electron chi connectivity index (χ3n) is 4.80. The van der Waals surface area contributed by atoms with Gasteiger partial charge in [-0.05, 0) is 62.2 Å². The van der Waals surface area contributed by atoms with E-state index in [1.165, 1.54) is 18.7 Å². The molecule has 8 heteroatoms. The lowest BCUT2D eigenvalue weighted by Crippen LogP contribution is -2.54. The number of methoxy groups -OCH3 is 1. The van der Waals surface area contributed by atoms with Crippen LogP contribution in [-0.4, -0.2) is 34.4 Å². The fourth-order valence-corrected chi connectivity index (χ4v) is 2.90. The van der Waals surface area contributed by atoms with E-state index in [9.17, 15) is 9.59 Å². The lowest BCUT2D eigenvalue weighted by atomic mass is 10.0. The maximum absolute atomic E-state index is 12.6. The van der Waals surface area contributed by atoms with E-state index in [0.717, 1.165) is 22.6 Å². The number of rotatable bonds is 8. The van der Waals surface area contributed by atoms with Crippen LogP contribution in [0.1, 0.15) is 35.3 Å². The molecule has 0 atom stereocenters. The number of nitrogens with one attached hydrogen (secondary N) is 2. The van der Waals surface area contributed by atoms with Crippen LogP contribution in [-0.2, 0) is 11.3 Å². The van der Waals surface area contributed by atoms with Gasteiger partial charge in [0.2, 0.25) is 5.91 Å². The van der Waals surface area contributed by atoms with Gasteiger partial charge < -0.3 is 20.1 Å². The Morgan fingerprint density at radius 1 is 1.00 bits per heavy atom. The summed E-state index contributed by atoms with van der Waals surface area (Å²) in [7, 11) is 1.63. The zero-order chi connectivity index (χ0) is 23.1. The van der Waals surface area contributed by atoms with Crippen LogP contribution in [0.4, 0.5) is 0 Å². The molecule has 0 spiro atoms. The van der Waals surface area contributed by atoms with Gasteiger partial charge >= 0.3 is 0 Å². The van der Waals surface area contributed by atoms with Gasteiger partial charge in [0.25, 0.3) is 5.91 Å². The van der Waals surface area contributed by atoms with E-state index in [1.54, 1.807) is 21.0 Å². The highest BCUT2D eigenvalue weighted by atomic mass is 16.5. The molecule has 1 aromatic heterocycles. The van der Waals surface area contributed by atoms with Crippen LogP contribution in [0.5, 0.6) is 17.2 Å². The first-order valence-electron chi connectivity index (χ1n) is 10.1. The van der Waals surface area contributed by atoms with E-state index < -0.39 is 11.4 Å². The minimum atomic E-state index is -1.11. The minimum Gasteiger partial charge on any atom is -0.497 e. The van der Waals surface area contributed by atoms with E-state index in [2.05, 4.69) is 20.6 Å². The van der Waals surface area contributed by atoms with Crippen LogP contribution in [0.15, 0.2) is 61.2 Å². The average molecular weight is 434 g/mol. The van der Waals surface area contributed by atoms with Crippen LogP contribution in [0, 0.1) is 6.92 Å². The Labute approximate surface area is 187 Å². The third kappa shape index (κ3) is 5.81. The topological polar surface area (TPSA) is 102 Å². The fraction of sp³-hybridized carbons (Fsp3) is 0.250. The van der Waals surface area contributed by atoms with Crippen LogP contribution >= 0.6 is 0 Å². The lowest BCUT2D eigenvalue weighted by molar-refractivity contribution is -0.126. The van der Waals surface area contributed by atoms with Gasteiger partial charge in [0.05, 0.1) is 12.7 Å². The molecule has 8 nitrogen and oxygen atoms in total. The van der Waals surface area contributed by atoms with Crippen molar-refractivity contribution in [3.63, 3.8) is 0 Å². The van der Waals surface area contributed by atoms with Gasteiger partial charge in [0.15, 0.2) is 0 Å². The number of ether oxygens (including phenoxy) is 2. The van der Waals surface area contributed by atoms with Gasteiger partial charge in [-0.25, -0.2) is 9.97 Å². The van der Waals surface area contributed by atoms with E-state index in [0.29, 0.717) is 12.3 Å². The molecule has 0 aliphatic heterocycles. The van der Waals surface area contributed by atoms with Crippen molar-refractivity contribution < 1.29 is 19.1 Å². The molecule has 0 aliphatic carbocycles. The number of benzene rings is 2. The van der Waals surface area contributed by atoms with Crippen molar-refractivity contribution in [3.05, 3.63) is 77.9 Å². The summed E-state index contributed by atoms with van der Waals surface area (Å²) in [6, 6.07) is 13.0. The summed E-state index contributed by atoms with van der Waals surface area (Å²) >= 11 is 0. The van der Waals surface area contributed by atoms with Crippen molar-refractivity contribution in [2.75, 3.05) is 7.11 Å². The molecule has 2 aromatic carbocycles. The molecule has 2 N–H and O–H groups in total. The van der Waals surface area contributed by atoms with Crippen molar-refractivity contribution in [1.29, 1.82) is 0 Å². The molecule has 2 amide bonds. The Morgan fingerprint density at radius 3 is 2.28 bits per heavy atom. The first-order chi connectivity index (χ1) is 15.3. The van der Waals surface area contributed by atoms with Crippen LogP contribution in [0.25, 0.3) is 0 Å². The molecule has 166 valence electrons. The van der Waals surface area contributed by atoms with E-state index in [4.69, 9.17) is 9.47 Å². The van der Waals surface area contributed by atoms with Gasteiger partial charge in [-0.3, -0.25) is 9.59 Å². The third-order valence-corrected chi connectivity index (χ3v) is 4.80. The number of aromatic nitrogens is 2. The lowest BCUT2D eigenvalue weighted by Gasteiger charge is -2.25. The largest absolute Gasteiger partial charge is 0.497 e. The molecule has 0 saturated carbocycles. The van der Waals surface area contributed by atoms with Crippen LogP contribution in [0.2, 0.25) is 0 Å². The summed E-state index contributed by atoms with van der Waals surface area (Å²) in [5.41, 5.74) is 1.04. The van der Waals surface area contributed by atoms with Gasteiger partial charge in [0.1, 0.15) is 29.1 Å². The molecular formula is C24H26N4O4. The smallest absolute Gasteiger partial charge is 0.255 e. The number of carbonyl (C=O) groups excluding carboxylic acids is 2. The molecule has 32 heavy (non-hydrogen) atoms. The summed E-state index contributed by atoms with van der Waals surface area (Å²) in [5.74, 6) is 1.48. The van der Waals surface area contributed by atoms with Gasteiger partial charge in [-0.15, -0.1) is 0 Å². The molecule has 0 unspecified atom stereocenters. The Hall–Kier alpha value is -3.94. The predicted molar refractivity (Wildman–Crippen MR) is 120 cm³/mol. The maximum atomic E-state index is 12.6. The van der Waals surface area contributed by atoms with Gasteiger partial charge in [0, 0.05) is 18.9 Å². The first kappa shape index (κ1) is 22.7. The number of carbonyl (C=O) groups is 2. The molecule has 0 radical (unpaired) electrons. The summed E-state index contributed by atoms with van der Waals surface area (Å²) in [6.07, 6.45) is 4.13. The number of hydrogen-bond acceptors (Lipinski definition) is 6. The molecule has 0 saturated heterocycles. The monoisotopic (exact) mass is 434 g/mol. The molecule has 0 fully saturated rings. The summed E-state index contributed by atoms with van der Waals surface area (Å²) in [6.45, 7) is 5.54. The zero-order valence-corrected chi connectivity index (χ0v) is 18.5. The standard InChI is InChI=1S/C24H26N4O4/c1-16-11-20(31-4)9-10-21(16)32-19-7-5-17(6-8-19)12-27-23(30)24(2,3)28-22(29)18-13-25-15-26-14-18/h5-11,13-15H,12H2,1-4H3,(H,27,30)(H,28,29). The molecule has 0 bridgehead atoms. The Balaban J connectivity index is 1.55. The van der Waals surface area contributed by atoms with Crippen LogP contribution < -0.4 is 20.1 Å². The SMILES string of the molecule is COc1ccc(Oc2ccc(CNC(=O)C(C)(C)NC(=O)c3cncnc3)cc2)c(C)c1. The number of nitrogens with zero attached hydrogens (tertiary/aromatic N) is 2. The Morgan fingerprint density at radius 2 is 1.66 bits per heavy atom. The maximum Gasteiger partial charge on any atom is 0.255 e. The normalized spacial score (nSPS) is 10.9. The average Bonchev–Trinajstić information content (AvgIpc) is 2.80. The Bertz CT molecular complexity index is 1080. The van der Waals surface area contributed by atoms with Crippen molar-refractivity contribution in [2.45, 2.75) is 32.9 Å². The minimum absolute atomic E-state index is 0.288. The molecule has 3 rings (SSSR count). The molecule has 0 aliphatic rings. The van der Waals surface area contributed by atoms with Crippen molar-refractivity contribution in [3.8, 4) is 17.2 Å². The highest BCUT2D eigenvalue weighted by Gasteiger charge is 2.29. The van der Waals surface area contributed by atoms with Crippen molar-refractivity contribution in [1.82, 2.24) is 20.6 Å². The molecular weight excluding hydrogens is 408 g/mol. The highest BCUT2D eigenvalue weighted by molar-refractivity contribution is 5.98. The molecule has 1 heterocycles. The van der Waals surface area contributed by atoms with E-state index in [-0.39, 0.29) is 11.5 Å².